The van der Waals surface area contributed by atoms with Gasteiger partial charge < -0.3 is 4.74 Å². The van der Waals surface area contributed by atoms with Crippen molar-refractivity contribution in [2.24, 2.45) is 0 Å². The molecule has 0 saturated carbocycles. The molecule has 0 N–H and O–H groups in total. The zero-order chi connectivity index (χ0) is 15.5. The van der Waals surface area contributed by atoms with E-state index in [-0.39, 0.29) is 15.7 Å². The van der Waals surface area contributed by atoms with Gasteiger partial charge >= 0.3 is 0 Å². The third-order valence-electron chi connectivity index (χ3n) is 2.96. The molecule has 2 aromatic carbocycles. The van der Waals surface area contributed by atoms with Crippen LogP contribution in [0.15, 0.2) is 47.4 Å². The number of carbonyl (C=O) groups excluding carboxylic acids is 1. The Morgan fingerprint density at radius 2 is 1.90 bits per heavy atom. The van der Waals surface area contributed by atoms with E-state index in [4.69, 9.17) is 16.3 Å². The number of methoxy groups -OCH3 is 1. The summed E-state index contributed by atoms with van der Waals surface area (Å²) in [4.78, 5) is 10.9. The lowest BCUT2D eigenvalue weighted by Gasteiger charge is -2.11. The van der Waals surface area contributed by atoms with Crippen LogP contribution in [0.4, 0.5) is 0 Å². The van der Waals surface area contributed by atoms with Gasteiger partial charge in [-0.3, -0.25) is 4.79 Å². The molecule has 0 atom stereocenters. The Kier molecular flexibility index (Phi) is 4.65. The zero-order valence-corrected chi connectivity index (χ0v) is 12.8. The van der Waals surface area contributed by atoms with Crippen LogP contribution in [0, 0.1) is 0 Å². The van der Waals surface area contributed by atoms with E-state index in [1.54, 1.807) is 24.3 Å². The molecule has 2 aromatic rings. The predicted molar refractivity (Wildman–Crippen MR) is 80.7 cm³/mol. The lowest BCUT2D eigenvalue weighted by atomic mass is 10.1. The molecular weight excluding hydrogens is 312 g/mol. The molecule has 0 amide bonds. The monoisotopic (exact) mass is 324 g/mol. The van der Waals surface area contributed by atoms with Crippen LogP contribution >= 0.6 is 11.6 Å². The maximum absolute atomic E-state index is 12.5. The molecule has 0 fully saturated rings. The highest BCUT2D eigenvalue weighted by atomic mass is 35.5. The smallest absolute Gasteiger partial charge is 0.184 e. The van der Waals surface area contributed by atoms with E-state index < -0.39 is 9.84 Å². The number of benzene rings is 2. The van der Waals surface area contributed by atoms with E-state index in [9.17, 15) is 13.2 Å². The molecule has 110 valence electrons. The number of aldehydes is 1. The number of rotatable bonds is 5. The largest absolute Gasteiger partial charge is 0.496 e. The molecule has 0 aromatic heterocycles. The fourth-order valence-electron chi connectivity index (χ4n) is 1.96. The quantitative estimate of drug-likeness (QED) is 0.793. The molecule has 0 heterocycles. The van der Waals surface area contributed by atoms with Gasteiger partial charge in [0.2, 0.25) is 0 Å². The van der Waals surface area contributed by atoms with Crippen molar-refractivity contribution in [3.63, 3.8) is 0 Å². The van der Waals surface area contributed by atoms with Crippen LogP contribution < -0.4 is 4.74 Å². The number of hydrogen-bond donors (Lipinski definition) is 0. The third kappa shape index (κ3) is 3.43. The average molecular weight is 325 g/mol. The highest BCUT2D eigenvalue weighted by molar-refractivity contribution is 7.90. The van der Waals surface area contributed by atoms with Crippen LogP contribution in [0.2, 0.25) is 5.02 Å². The van der Waals surface area contributed by atoms with Gasteiger partial charge in [-0.2, -0.15) is 0 Å². The maximum Gasteiger partial charge on any atom is 0.184 e. The van der Waals surface area contributed by atoms with Gasteiger partial charge in [-0.25, -0.2) is 8.42 Å². The maximum atomic E-state index is 12.5. The van der Waals surface area contributed by atoms with Gasteiger partial charge in [0.25, 0.3) is 0 Å². The van der Waals surface area contributed by atoms with E-state index in [1.807, 2.05) is 0 Å². The Balaban J connectivity index is 2.46. The predicted octanol–water partition coefficient (Wildman–Crippen LogP) is 3.14. The van der Waals surface area contributed by atoms with Crippen LogP contribution in [0.3, 0.4) is 0 Å². The van der Waals surface area contributed by atoms with E-state index in [1.165, 1.54) is 25.3 Å². The highest BCUT2D eigenvalue weighted by Crippen LogP contribution is 2.28. The normalized spacial score (nSPS) is 11.1. The summed E-state index contributed by atoms with van der Waals surface area (Å²) in [6.07, 6.45) is 0.658. The van der Waals surface area contributed by atoms with Crippen LogP contribution in [-0.4, -0.2) is 21.8 Å². The number of ether oxygens (including phenoxy) is 1. The molecule has 0 bridgehead atoms. The minimum absolute atomic E-state index is 0.0604. The molecule has 2 rings (SSSR count). The zero-order valence-electron chi connectivity index (χ0n) is 11.2. The van der Waals surface area contributed by atoms with Crippen LogP contribution in [0.1, 0.15) is 15.9 Å². The van der Waals surface area contributed by atoms with Gasteiger partial charge in [0.05, 0.1) is 22.8 Å². The minimum Gasteiger partial charge on any atom is -0.496 e. The Morgan fingerprint density at radius 3 is 2.52 bits per heavy atom. The second-order valence-electron chi connectivity index (χ2n) is 4.38. The summed E-state index contributed by atoms with van der Waals surface area (Å²) in [6.45, 7) is 0. The molecule has 0 aliphatic rings. The Morgan fingerprint density at radius 1 is 1.19 bits per heavy atom. The molecule has 21 heavy (non-hydrogen) atoms. The van der Waals surface area contributed by atoms with Gasteiger partial charge in [-0.15, -0.1) is 0 Å². The molecule has 4 nitrogen and oxygen atoms in total. The van der Waals surface area contributed by atoms with Gasteiger partial charge in [0, 0.05) is 11.1 Å². The molecule has 6 heteroatoms. The highest BCUT2D eigenvalue weighted by Gasteiger charge is 2.20. The van der Waals surface area contributed by atoms with Gasteiger partial charge in [-0.1, -0.05) is 23.7 Å². The van der Waals surface area contributed by atoms with E-state index in [0.29, 0.717) is 23.2 Å². The minimum atomic E-state index is -3.63. The average Bonchev–Trinajstić information content (AvgIpc) is 2.47. The summed E-state index contributed by atoms with van der Waals surface area (Å²) in [5, 5.41) is 0.169. The second kappa shape index (κ2) is 6.28. The molecule has 0 spiro atoms. The summed E-state index contributed by atoms with van der Waals surface area (Å²) < 4.78 is 30.1. The Bertz CT molecular complexity index is 769. The Hall–Kier alpha value is -1.85. The van der Waals surface area contributed by atoms with Crippen molar-refractivity contribution < 1.29 is 17.9 Å². The first kappa shape index (κ1) is 15.5. The van der Waals surface area contributed by atoms with Crippen LogP contribution in [-0.2, 0) is 15.6 Å². The van der Waals surface area contributed by atoms with E-state index in [0.717, 1.165) is 0 Å². The fraction of sp³-hybridized carbons (Fsp3) is 0.133. The van der Waals surface area contributed by atoms with E-state index in [2.05, 4.69) is 0 Å². The number of sulfone groups is 1. The van der Waals surface area contributed by atoms with Crippen molar-refractivity contribution in [3.8, 4) is 5.75 Å². The Labute approximate surface area is 128 Å². The first-order valence-electron chi connectivity index (χ1n) is 6.07. The van der Waals surface area contributed by atoms with Crippen molar-refractivity contribution in [1.82, 2.24) is 0 Å². The molecule has 0 unspecified atom stereocenters. The molecular formula is C15H13ClO4S. The second-order valence-corrected chi connectivity index (χ2v) is 6.74. The van der Waals surface area contributed by atoms with Crippen molar-refractivity contribution in [2.45, 2.75) is 10.6 Å². The van der Waals surface area contributed by atoms with Crippen molar-refractivity contribution in [1.29, 1.82) is 0 Å². The number of hydrogen-bond acceptors (Lipinski definition) is 4. The molecule has 0 radical (unpaired) electrons. The lowest BCUT2D eigenvalue weighted by molar-refractivity contribution is 0.112. The number of halogens is 1. The third-order valence-corrected chi connectivity index (χ3v) is 5.12. The summed E-state index contributed by atoms with van der Waals surface area (Å²) in [5.41, 5.74) is 0.808. The van der Waals surface area contributed by atoms with Gasteiger partial charge in [-0.05, 0) is 30.3 Å². The van der Waals surface area contributed by atoms with E-state index >= 15 is 0 Å². The summed E-state index contributed by atoms with van der Waals surface area (Å²) in [7, 11) is -2.18. The van der Waals surface area contributed by atoms with Crippen LogP contribution in [0.5, 0.6) is 5.75 Å². The van der Waals surface area contributed by atoms with Gasteiger partial charge in [0.15, 0.2) is 9.84 Å². The summed E-state index contributed by atoms with van der Waals surface area (Å²) in [5.74, 6) is 0.123. The summed E-state index contributed by atoms with van der Waals surface area (Å²) >= 11 is 5.94. The molecule has 0 saturated heterocycles. The standard InChI is InChI=1S/C15H13ClO4S/c1-20-14-7-6-11(9-17)8-12(14)10-21(18,19)15-5-3-2-4-13(15)16/h2-9H,10H2,1H3. The van der Waals surface area contributed by atoms with Crippen molar-refractivity contribution >= 4 is 27.7 Å². The summed E-state index contributed by atoms with van der Waals surface area (Å²) in [6, 6.07) is 10.9. The van der Waals surface area contributed by atoms with Gasteiger partial charge in [0.1, 0.15) is 12.0 Å². The number of carbonyl (C=O) groups is 1. The first-order chi connectivity index (χ1) is 9.97. The van der Waals surface area contributed by atoms with Crippen molar-refractivity contribution in [2.75, 3.05) is 7.11 Å². The SMILES string of the molecule is COc1ccc(C=O)cc1CS(=O)(=O)c1ccccc1Cl. The lowest BCUT2D eigenvalue weighted by Crippen LogP contribution is -2.07. The topological polar surface area (TPSA) is 60.4 Å². The fourth-order valence-corrected chi connectivity index (χ4v) is 3.89. The van der Waals surface area contributed by atoms with Crippen LogP contribution in [0.25, 0.3) is 0 Å². The van der Waals surface area contributed by atoms with Crippen molar-refractivity contribution in [3.05, 3.63) is 58.6 Å². The molecule has 0 aliphatic heterocycles. The first-order valence-corrected chi connectivity index (χ1v) is 8.10. The molecule has 0 aliphatic carbocycles.